The Kier molecular flexibility index (Phi) is 13.8. The van der Waals surface area contributed by atoms with Crippen LogP contribution in [0.15, 0.2) is 0 Å². The fourth-order valence-corrected chi connectivity index (χ4v) is 3.91. The second-order valence-electron chi connectivity index (χ2n) is 3.70. The first-order valence-electron chi connectivity index (χ1n) is 5.54. The van der Waals surface area contributed by atoms with Gasteiger partial charge in [0.2, 0.25) is 0 Å². The van der Waals surface area contributed by atoms with E-state index in [2.05, 4.69) is 49.2 Å². The van der Waals surface area contributed by atoms with E-state index in [0.29, 0.717) is 0 Å². The van der Waals surface area contributed by atoms with Gasteiger partial charge >= 0.3 is 0 Å². The Hall–Kier alpha value is 1.32. The molecule has 0 atom stereocenters. The van der Waals surface area contributed by atoms with Gasteiger partial charge in [0.1, 0.15) is 0 Å². The minimum atomic E-state index is 0.935. The molecule has 6 heteroatoms. The highest BCUT2D eigenvalue weighted by Crippen LogP contribution is 2.22. The predicted molar refractivity (Wildman–Crippen MR) is 87.6 cm³/mol. The molecule has 0 N–H and O–H groups in total. The van der Waals surface area contributed by atoms with Crippen LogP contribution in [0.2, 0.25) is 0 Å². The summed E-state index contributed by atoms with van der Waals surface area (Å²) < 4.78 is 0. The van der Waals surface area contributed by atoms with Crippen molar-refractivity contribution in [3.8, 4) is 0 Å². The topological polar surface area (TPSA) is 6.48 Å². The van der Waals surface area contributed by atoms with Gasteiger partial charge in [-0.05, 0) is 14.1 Å². The third-order valence-corrected chi connectivity index (χ3v) is 4.92. The Bertz CT molecular complexity index is 135. The van der Waals surface area contributed by atoms with Crippen molar-refractivity contribution < 1.29 is 0 Å². The van der Waals surface area contributed by atoms with Gasteiger partial charge in [0.05, 0.1) is 0 Å². The molecule has 2 nitrogen and oxygen atoms in total. The van der Waals surface area contributed by atoms with E-state index in [1.165, 1.54) is 24.6 Å². The molecule has 0 aromatic heterocycles. The predicted octanol–water partition coefficient (Wildman–Crippen LogP) is 2.09. The van der Waals surface area contributed by atoms with Gasteiger partial charge in [0, 0.05) is 49.2 Å². The van der Waals surface area contributed by atoms with Gasteiger partial charge < -0.3 is 9.80 Å². The Morgan fingerprint density at radius 3 is 1.88 bits per heavy atom. The van der Waals surface area contributed by atoms with Crippen molar-refractivity contribution in [1.82, 2.24) is 9.80 Å². The maximum absolute atomic E-state index is 4.09. The number of thiol groups is 2. The first-order chi connectivity index (χ1) is 7.70. The van der Waals surface area contributed by atoms with Gasteiger partial charge in [0.25, 0.3) is 0 Å². The minimum Gasteiger partial charge on any atom is -0.305 e. The van der Waals surface area contributed by atoms with Crippen LogP contribution in [0.5, 0.6) is 0 Å². The molecular weight excluding hydrogens is 276 g/mol. The molecule has 1 rings (SSSR count). The largest absolute Gasteiger partial charge is 0.305 e. The molecule has 0 aromatic carbocycles. The van der Waals surface area contributed by atoms with Gasteiger partial charge in [-0.3, -0.25) is 0 Å². The summed E-state index contributed by atoms with van der Waals surface area (Å²) in [5, 5.41) is 0. The molecule has 1 saturated heterocycles. The van der Waals surface area contributed by atoms with E-state index in [-0.39, 0.29) is 0 Å². The summed E-state index contributed by atoms with van der Waals surface area (Å²) in [5.74, 6) is 4.46. The fourth-order valence-electron chi connectivity index (χ4n) is 1.07. The molecule has 1 heterocycles. The average Bonchev–Trinajstić information content (AvgIpc) is 2.47. The molecule has 0 amide bonds. The van der Waals surface area contributed by atoms with Crippen LogP contribution in [-0.4, -0.2) is 73.1 Å². The number of rotatable bonds is 4. The van der Waals surface area contributed by atoms with Crippen molar-refractivity contribution in [2.45, 2.75) is 0 Å². The van der Waals surface area contributed by atoms with Crippen LogP contribution in [0, 0.1) is 0 Å². The minimum absolute atomic E-state index is 0.935. The molecular formula is C10H24N2S4. The monoisotopic (exact) mass is 300 g/mol. The van der Waals surface area contributed by atoms with Crippen LogP contribution in [-0.2, 0) is 0 Å². The smallest absolute Gasteiger partial charge is 0.0165 e. The lowest BCUT2D eigenvalue weighted by atomic mass is 10.6. The van der Waals surface area contributed by atoms with E-state index < -0.39 is 0 Å². The van der Waals surface area contributed by atoms with Crippen LogP contribution in [0.1, 0.15) is 0 Å². The number of hydrogen-bond acceptors (Lipinski definition) is 6. The van der Waals surface area contributed by atoms with Crippen LogP contribution in [0.3, 0.4) is 0 Å². The first-order valence-corrected chi connectivity index (χ1v) is 9.29. The zero-order chi connectivity index (χ0) is 12.2. The summed E-state index contributed by atoms with van der Waals surface area (Å²) in [6.45, 7) is 4.64. The molecule has 0 unspecified atom stereocenters. The lowest BCUT2D eigenvalue weighted by molar-refractivity contribution is 0.380. The number of hydrogen-bond donors (Lipinski definition) is 2. The van der Waals surface area contributed by atoms with E-state index in [9.17, 15) is 0 Å². The molecule has 16 heavy (non-hydrogen) atoms. The highest BCUT2D eigenvalue weighted by molar-refractivity contribution is 8.76. The number of nitrogens with zero attached hydrogens (tertiary/aromatic N) is 2. The average molecular weight is 301 g/mol. The Balaban J connectivity index is 0.000000281. The molecule has 0 bridgehead atoms. The Morgan fingerprint density at radius 1 is 1.06 bits per heavy atom. The van der Waals surface area contributed by atoms with E-state index in [4.69, 9.17) is 0 Å². The molecule has 0 saturated carbocycles. The first kappa shape index (κ1) is 17.3. The highest BCUT2D eigenvalue weighted by Gasteiger charge is 2.02. The van der Waals surface area contributed by atoms with Crippen molar-refractivity contribution in [1.29, 1.82) is 0 Å². The summed E-state index contributed by atoms with van der Waals surface area (Å²) >= 11 is 8.17. The fraction of sp³-hybridized carbons (Fsp3) is 1.00. The van der Waals surface area contributed by atoms with E-state index in [1.54, 1.807) is 0 Å². The standard InChI is InChI=1S/C5H11NS2.C5H13NS2/c1-6-2-4-7-8-5-3-6;1-6(2-4-7)3-5-8/h2-5H2,1H3;7-8H,2-5H2,1H3. The summed E-state index contributed by atoms with van der Waals surface area (Å²) in [6, 6.07) is 0. The van der Waals surface area contributed by atoms with Crippen molar-refractivity contribution in [2.75, 3.05) is 63.3 Å². The van der Waals surface area contributed by atoms with E-state index >= 15 is 0 Å². The highest BCUT2D eigenvalue weighted by atomic mass is 33.1. The summed E-state index contributed by atoms with van der Waals surface area (Å²) in [6.07, 6.45) is 0. The van der Waals surface area contributed by atoms with Crippen LogP contribution >= 0.6 is 46.8 Å². The van der Waals surface area contributed by atoms with Gasteiger partial charge in [-0.2, -0.15) is 25.3 Å². The second kappa shape index (κ2) is 12.8. The molecule has 0 aromatic rings. The third-order valence-electron chi connectivity index (χ3n) is 2.16. The lowest BCUT2D eigenvalue weighted by Gasteiger charge is -2.11. The maximum Gasteiger partial charge on any atom is 0.0165 e. The molecule has 0 radical (unpaired) electrons. The van der Waals surface area contributed by atoms with Crippen molar-refractivity contribution in [3.05, 3.63) is 0 Å². The summed E-state index contributed by atoms with van der Waals surface area (Å²) in [5.41, 5.74) is 0. The molecule has 0 spiro atoms. The Labute approximate surface area is 119 Å². The quantitative estimate of drug-likeness (QED) is 0.606. The summed E-state index contributed by atoms with van der Waals surface area (Å²) in [7, 11) is 8.25. The maximum atomic E-state index is 4.09. The van der Waals surface area contributed by atoms with Crippen LogP contribution < -0.4 is 0 Å². The van der Waals surface area contributed by atoms with Gasteiger partial charge in [0.15, 0.2) is 0 Å². The lowest BCUT2D eigenvalue weighted by Crippen LogP contribution is -2.22. The second-order valence-corrected chi connectivity index (χ2v) is 7.29. The van der Waals surface area contributed by atoms with E-state index in [0.717, 1.165) is 24.6 Å². The van der Waals surface area contributed by atoms with Crippen LogP contribution in [0.4, 0.5) is 0 Å². The Morgan fingerprint density at radius 2 is 1.50 bits per heavy atom. The zero-order valence-corrected chi connectivity index (χ0v) is 13.7. The molecule has 0 aliphatic carbocycles. The normalized spacial score (nSPS) is 17.8. The van der Waals surface area contributed by atoms with Gasteiger partial charge in [-0.15, -0.1) is 0 Å². The third kappa shape index (κ3) is 11.8. The molecule has 1 aliphatic heterocycles. The van der Waals surface area contributed by atoms with Gasteiger partial charge in [-0.25, -0.2) is 0 Å². The molecule has 1 aliphatic rings. The van der Waals surface area contributed by atoms with E-state index in [1.807, 2.05) is 21.6 Å². The SMILES string of the molecule is CN(CCS)CCS.CN1CCSSCC1. The van der Waals surface area contributed by atoms with Crippen molar-refractivity contribution in [3.63, 3.8) is 0 Å². The van der Waals surface area contributed by atoms with Crippen molar-refractivity contribution in [2.24, 2.45) is 0 Å². The zero-order valence-electron chi connectivity index (χ0n) is 10.3. The van der Waals surface area contributed by atoms with Gasteiger partial charge in [-0.1, -0.05) is 21.6 Å². The summed E-state index contributed by atoms with van der Waals surface area (Å²) in [4.78, 5) is 4.59. The van der Waals surface area contributed by atoms with Crippen LogP contribution in [0.25, 0.3) is 0 Å². The molecule has 1 fully saturated rings. The molecule has 98 valence electrons. The van der Waals surface area contributed by atoms with Crippen molar-refractivity contribution >= 4 is 46.8 Å².